The molecule has 0 spiro atoms. The summed E-state index contributed by atoms with van der Waals surface area (Å²) in [5.41, 5.74) is 9.44. The van der Waals surface area contributed by atoms with Gasteiger partial charge in [-0.15, -0.1) is 0 Å². The third-order valence-corrected chi connectivity index (χ3v) is 4.46. The molecule has 1 aromatic carbocycles. The molecule has 3 nitrogen and oxygen atoms in total. The molecule has 0 saturated heterocycles. The Morgan fingerprint density at radius 1 is 1.30 bits per heavy atom. The minimum absolute atomic E-state index is 0.488. The smallest absolute Gasteiger partial charge is 0.153 e. The van der Waals surface area contributed by atoms with Gasteiger partial charge in [0, 0.05) is 27.2 Å². The van der Waals surface area contributed by atoms with Crippen LogP contribution >= 0.6 is 15.9 Å². The first-order valence-electron chi connectivity index (χ1n) is 7.27. The molecule has 3 N–H and O–H groups in total. The van der Waals surface area contributed by atoms with Crippen LogP contribution in [0.1, 0.15) is 51.1 Å². The highest BCUT2D eigenvalue weighted by Crippen LogP contribution is 2.39. The number of nitrogens with one attached hydrogen (secondary N) is 1. The lowest BCUT2D eigenvalue weighted by Crippen LogP contribution is -2.01. The number of nitrogens with zero attached hydrogens (tertiary/aromatic N) is 1. The number of aromatic amines is 1. The molecule has 0 aliphatic heterocycles. The van der Waals surface area contributed by atoms with Crippen molar-refractivity contribution in [3.63, 3.8) is 0 Å². The summed E-state index contributed by atoms with van der Waals surface area (Å²) in [6, 6.07) is 8.17. The summed E-state index contributed by atoms with van der Waals surface area (Å²) in [7, 11) is 0. The molecule has 2 rings (SSSR count). The van der Waals surface area contributed by atoms with Crippen molar-refractivity contribution in [3.05, 3.63) is 34.4 Å². The Bertz CT molecular complexity index is 563. The summed E-state index contributed by atoms with van der Waals surface area (Å²) < 4.78 is 1.06. The van der Waals surface area contributed by atoms with Gasteiger partial charge in [0.25, 0.3) is 0 Å². The van der Waals surface area contributed by atoms with E-state index in [2.05, 4.69) is 46.0 Å². The number of anilines is 1. The van der Waals surface area contributed by atoms with Crippen molar-refractivity contribution in [2.24, 2.45) is 0 Å². The first-order valence-corrected chi connectivity index (χ1v) is 8.06. The number of nitrogen functional groups attached to an aromatic ring is 1. The number of unbranched alkanes of at least 4 members (excludes halogenated alkanes) is 1. The highest BCUT2D eigenvalue weighted by Gasteiger charge is 2.21. The van der Waals surface area contributed by atoms with Gasteiger partial charge >= 0.3 is 0 Å². The fourth-order valence-electron chi connectivity index (χ4n) is 2.62. The number of hydrogen-bond donors (Lipinski definition) is 2. The van der Waals surface area contributed by atoms with E-state index >= 15 is 0 Å². The number of aromatic nitrogens is 2. The number of halogens is 1. The monoisotopic (exact) mass is 335 g/mol. The molecule has 0 bridgehead atoms. The highest BCUT2D eigenvalue weighted by molar-refractivity contribution is 9.10. The van der Waals surface area contributed by atoms with E-state index in [-0.39, 0.29) is 0 Å². The van der Waals surface area contributed by atoms with Crippen molar-refractivity contribution in [1.82, 2.24) is 10.2 Å². The zero-order valence-electron chi connectivity index (χ0n) is 12.1. The minimum Gasteiger partial charge on any atom is -0.382 e. The predicted molar refractivity (Wildman–Crippen MR) is 88.7 cm³/mol. The molecule has 0 aliphatic carbocycles. The minimum atomic E-state index is 0.488. The summed E-state index contributed by atoms with van der Waals surface area (Å²) in [4.78, 5) is 0. The van der Waals surface area contributed by atoms with Gasteiger partial charge in [0.2, 0.25) is 0 Å². The molecule has 1 unspecified atom stereocenters. The summed E-state index contributed by atoms with van der Waals surface area (Å²) in [5.74, 6) is 1.07. The van der Waals surface area contributed by atoms with Crippen molar-refractivity contribution >= 4 is 21.7 Å². The topological polar surface area (TPSA) is 54.7 Å². The molecule has 0 radical (unpaired) electrons. The van der Waals surface area contributed by atoms with Gasteiger partial charge in [0.15, 0.2) is 5.82 Å². The maximum Gasteiger partial charge on any atom is 0.153 e. The maximum atomic E-state index is 6.10. The summed E-state index contributed by atoms with van der Waals surface area (Å²) in [6.45, 7) is 4.45. The van der Waals surface area contributed by atoms with Crippen LogP contribution < -0.4 is 5.73 Å². The molecular formula is C16H22BrN3. The molecule has 1 atom stereocenters. The van der Waals surface area contributed by atoms with E-state index < -0.39 is 0 Å². The zero-order valence-corrected chi connectivity index (χ0v) is 13.7. The Balaban J connectivity index is 2.44. The lowest BCUT2D eigenvalue weighted by Gasteiger charge is -2.15. The van der Waals surface area contributed by atoms with Crippen LogP contribution in [0.25, 0.3) is 11.1 Å². The van der Waals surface area contributed by atoms with Crippen LogP contribution in [0.4, 0.5) is 5.82 Å². The molecule has 0 aliphatic rings. The van der Waals surface area contributed by atoms with Crippen LogP contribution in [0.15, 0.2) is 28.7 Å². The predicted octanol–water partition coefficient (Wildman–Crippen LogP) is 5.11. The number of H-pyrrole nitrogens is 1. The third kappa shape index (κ3) is 3.06. The van der Waals surface area contributed by atoms with Gasteiger partial charge in [-0.05, 0) is 18.9 Å². The summed E-state index contributed by atoms with van der Waals surface area (Å²) in [5, 5.41) is 7.41. The van der Waals surface area contributed by atoms with Gasteiger partial charge in [0.05, 0.1) is 0 Å². The van der Waals surface area contributed by atoms with E-state index in [4.69, 9.17) is 5.73 Å². The Morgan fingerprint density at radius 2 is 2.05 bits per heavy atom. The van der Waals surface area contributed by atoms with Crippen LogP contribution in [0.3, 0.4) is 0 Å². The first-order chi connectivity index (χ1) is 9.69. The quantitative estimate of drug-likeness (QED) is 0.770. The average molecular weight is 336 g/mol. The van der Waals surface area contributed by atoms with Crippen molar-refractivity contribution in [1.29, 1.82) is 0 Å². The lowest BCUT2D eigenvalue weighted by atomic mass is 9.91. The molecule has 1 heterocycles. The number of rotatable bonds is 6. The first kappa shape index (κ1) is 15.1. The zero-order chi connectivity index (χ0) is 14.5. The average Bonchev–Trinajstić information content (AvgIpc) is 2.82. The molecule has 0 saturated carbocycles. The Labute approximate surface area is 129 Å². The number of benzene rings is 1. The second-order valence-corrected chi connectivity index (χ2v) is 5.98. The van der Waals surface area contributed by atoms with E-state index in [1.165, 1.54) is 25.0 Å². The highest BCUT2D eigenvalue weighted by atomic mass is 79.9. The standard InChI is InChI=1S/C16H22BrN3/c1-3-5-8-11(4-2)15-14(16(18)20-19-15)12-9-6-7-10-13(12)17/h6-7,9-11H,3-5,8H2,1-2H3,(H3,18,19,20). The van der Waals surface area contributed by atoms with E-state index in [1.54, 1.807) is 0 Å². The van der Waals surface area contributed by atoms with Gasteiger partial charge in [0.1, 0.15) is 0 Å². The molecule has 0 amide bonds. The lowest BCUT2D eigenvalue weighted by molar-refractivity contribution is 0.557. The molecule has 108 valence electrons. The van der Waals surface area contributed by atoms with Crippen LogP contribution in [0, 0.1) is 0 Å². The van der Waals surface area contributed by atoms with Gasteiger partial charge < -0.3 is 5.73 Å². The second-order valence-electron chi connectivity index (χ2n) is 5.12. The fraction of sp³-hybridized carbons (Fsp3) is 0.438. The van der Waals surface area contributed by atoms with Crippen LogP contribution in [-0.4, -0.2) is 10.2 Å². The Kier molecular flexibility index (Phi) is 5.24. The maximum absolute atomic E-state index is 6.10. The molecule has 2 aromatic rings. The van der Waals surface area contributed by atoms with Gasteiger partial charge in [-0.25, -0.2) is 0 Å². The summed E-state index contributed by atoms with van der Waals surface area (Å²) in [6.07, 6.45) is 4.71. The largest absolute Gasteiger partial charge is 0.382 e. The molecular weight excluding hydrogens is 314 g/mol. The SMILES string of the molecule is CCCCC(CC)c1[nH]nc(N)c1-c1ccccc1Br. The molecule has 0 fully saturated rings. The van der Waals surface area contributed by atoms with E-state index in [0.717, 1.165) is 22.0 Å². The molecule has 20 heavy (non-hydrogen) atoms. The Morgan fingerprint density at radius 3 is 2.70 bits per heavy atom. The van der Waals surface area contributed by atoms with Crippen molar-refractivity contribution < 1.29 is 0 Å². The van der Waals surface area contributed by atoms with Gasteiger partial charge in [-0.2, -0.15) is 5.10 Å². The third-order valence-electron chi connectivity index (χ3n) is 3.77. The normalized spacial score (nSPS) is 12.6. The number of nitrogens with two attached hydrogens (primary N) is 1. The van der Waals surface area contributed by atoms with Gasteiger partial charge in [-0.3, -0.25) is 5.10 Å². The van der Waals surface area contributed by atoms with Crippen LogP contribution in [0.2, 0.25) is 0 Å². The van der Waals surface area contributed by atoms with E-state index in [0.29, 0.717) is 11.7 Å². The van der Waals surface area contributed by atoms with Crippen LogP contribution in [-0.2, 0) is 0 Å². The van der Waals surface area contributed by atoms with Crippen molar-refractivity contribution in [2.75, 3.05) is 5.73 Å². The van der Waals surface area contributed by atoms with E-state index in [9.17, 15) is 0 Å². The van der Waals surface area contributed by atoms with E-state index in [1.807, 2.05) is 18.2 Å². The fourth-order valence-corrected chi connectivity index (χ4v) is 3.10. The Hall–Kier alpha value is -1.29. The van der Waals surface area contributed by atoms with Crippen LogP contribution in [0.5, 0.6) is 0 Å². The molecule has 1 aromatic heterocycles. The number of hydrogen-bond acceptors (Lipinski definition) is 2. The second kappa shape index (κ2) is 6.93. The van der Waals surface area contributed by atoms with Crippen molar-refractivity contribution in [2.45, 2.75) is 45.4 Å². The van der Waals surface area contributed by atoms with Gasteiger partial charge in [-0.1, -0.05) is 60.8 Å². The summed E-state index contributed by atoms with van der Waals surface area (Å²) >= 11 is 3.61. The van der Waals surface area contributed by atoms with Crippen molar-refractivity contribution in [3.8, 4) is 11.1 Å². The molecule has 4 heteroatoms.